The molecule has 0 saturated carbocycles. The third-order valence-corrected chi connectivity index (χ3v) is 5.48. The first-order valence-corrected chi connectivity index (χ1v) is 9.66. The normalized spacial score (nSPS) is 15.0. The highest BCUT2D eigenvalue weighted by atomic mass is 35.5. The Hall–Kier alpha value is -2.86. The second-order valence-electron chi connectivity index (χ2n) is 7.09. The second-order valence-corrected chi connectivity index (χ2v) is 7.52. The van der Waals surface area contributed by atoms with Gasteiger partial charge in [0.25, 0.3) is 5.91 Å². The summed E-state index contributed by atoms with van der Waals surface area (Å²) >= 11 is 5.82. The molecule has 1 aliphatic rings. The van der Waals surface area contributed by atoms with E-state index in [1.807, 2.05) is 47.0 Å². The van der Waals surface area contributed by atoms with Crippen molar-refractivity contribution in [1.82, 2.24) is 14.5 Å². The Kier molecular flexibility index (Phi) is 5.05. The first-order chi connectivity index (χ1) is 13.5. The summed E-state index contributed by atoms with van der Waals surface area (Å²) in [5.41, 5.74) is 1.75. The van der Waals surface area contributed by atoms with Crippen LogP contribution in [-0.4, -0.2) is 39.4 Å². The van der Waals surface area contributed by atoms with E-state index in [1.165, 1.54) is 6.20 Å². The number of pyridine rings is 1. The molecule has 1 aromatic carbocycles. The van der Waals surface area contributed by atoms with Crippen molar-refractivity contribution in [3.63, 3.8) is 0 Å². The van der Waals surface area contributed by atoms with E-state index in [-0.39, 0.29) is 17.7 Å². The second kappa shape index (κ2) is 7.64. The van der Waals surface area contributed by atoms with E-state index in [0.717, 1.165) is 10.9 Å². The fraction of sp³-hybridized carbons (Fsp3) is 0.286. The van der Waals surface area contributed by atoms with Crippen molar-refractivity contribution in [2.45, 2.75) is 12.8 Å². The maximum Gasteiger partial charge on any atom is 0.256 e. The summed E-state index contributed by atoms with van der Waals surface area (Å²) < 4.78 is 1.97. The summed E-state index contributed by atoms with van der Waals surface area (Å²) in [7, 11) is 1.94. The maximum atomic E-state index is 13.0. The number of hydrogen-bond acceptors (Lipinski definition) is 3. The van der Waals surface area contributed by atoms with Gasteiger partial charge in [-0.3, -0.25) is 9.59 Å². The summed E-state index contributed by atoms with van der Waals surface area (Å²) in [5.74, 6) is 0.319. The van der Waals surface area contributed by atoms with E-state index in [9.17, 15) is 9.59 Å². The molecule has 0 aliphatic carbocycles. The molecule has 1 fully saturated rings. The number of nitrogens with zero attached hydrogens (tertiary/aromatic N) is 3. The van der Waals surface area contributed by atoms with Gasteiger partial charge in [0, 0.05) is 49.4 Å². The van der Waals surface area contributed by atoms with Gasteiger partial charge in [0.15, 0.2) is 0 Å². The zero-order chi connectivity index (χ0) is 19.7. The van der Waals surface area contributed by atoms with Crippen LogP contribution < -0.4 is 5.32 Å². The monoisotopic (exact) mass is 396 g/mol. The van der Waals surface area contributed by atoms with Crippen molar-refractivity contribution in [1.29, 1.82) is 0 Å². The number of aromatic nitrogens is 2. The van der Waals surface area contributed by atoms with Crippen LogP contribution >= 0.6 is 11.6 Å². The Morgan fingerprint density at radius 3 is 2.61 bits per heavy atom. The summed E-state index contributed by atoms with van der Waals surface area (Å²) in [6.45, 7) is 1.13. The highest BCUT2D eigenvalue weighted by Crippen LogP contribution is 2.25. The summed E-state index contributed by atoms with van der Waals surface area (Å²) in [5, 5.41) is 4.31. The maximum absolute atomic E-state index is 13.0. The lowest BCUT2D eigenvalue weighted by Crippen LogP contribution is -2.41. The third kappa shape index (κ3) is 3.60. The standard InChI is InChI=1S/C21H21ClN4O2/c1-25-13-17(16-4-2-3-5-18(16)25)21(28)26-10-8-14(9-11-26)20(27)24-19-7-6-15(22)12-23-19/h2-7,12-14H,8-11H2,1H3,(H,23,24,27). The van der Waals surface area contributed by atoms with Gasteiger partial charge in [-0.25, -0.2) is 4.98 Å². The molecule has 0 spiro atoms. The zero-order valence-electron chi connectivity index (χ0n) is 15.6. The zero-order valence-corrected chi connectivity index (χ0v) is 16.3. The van der Waals surface area contributed by atoms with E-state index in [2.05, 4.69) is 10.3 Å². The van der Waals surface area contributed by atoms with Crippen LogP contribution in [0.4, 0.5) is 5.82 Å². The van der Waals surface area contributed by atoms with Gasteiger partial charge < -0.3 is 14.8 Å². The lowest BCUT2D eigenvalue weighted by molar-refractivity contribution is -0.121. The number of carbonyl (C=O) groups is 2. The van der Waals surface area contributed by atoms with Gasteiger partial charge in [-0.05, 0) is 31.0 Å². The fourth-order valence-electron chi connectivity index (χ4n) is 3.71. The molecule has 2 aromatic heterocycles. The molecule has 144 valence electrons. The Balaban J connectivity index is 1.40. The van der Waals surface area contributed by atoms with Gasteiger partial charge in [0.2, 0.25) is 5.91 Å². The number of carbonyl (C=O) groups excluding carboxylic acids is 2. The van der Waals surface area contributed by atoms with Gasteiger partial charge in [-0.1, -0.05) is 29.8 Å². The van der Waals surface area contributed by atoms with E-state index in [1.54, 1.807) is 12.1 Å². The molecule has 3 heterocycles. The van der Waals surface area contributed by atoms with Crippen LogP contribution in [0.3, 0.4) is 0 Å². The highest BCUT2D eigenvalue weighted by molar-refractivity contribution is 6.30. The number of aryl methyl sites for hydroxylation is 1. The molecular weight excluding hydrogens is 376 g/mol. The predicted octanol–water partition coefficient (Wildman–Crippen LogP) is 3.72. The van der Waals surface area contributed by atoms with Gasteiger partial charge in [0.1, 0.15) is 5.82 Å². The topological polar surface area (TPSA) is 67.2 Å². The Morgan fingerprint density at radius 2 is 1.89 bits per heavy atom. The first kappa shape index (κ1) is 18.5. The van der Waals surface area contributed by atoms with Gasteiger partial charge in [-0.15, -0.1) is 0 Å². The molecule has 3 aromatic rings. The van der Waals surface area contributed by atoms with Crippen LogP contribution in [0.2, 0.25) is 5.02 Å². The summed E-state index contributed by atoms with van der Waals surface area (Å²) in [6.07, 6.45) is 4.66. The van der Waals surface area contributed by atoms with E-state index in [0.29, 0.717) is 42.3 Å². The van der Waals surface area contributed by atoms with E-state index < -0.39 is 0 Å². The number of hydrogen-bond donors (Lipinski definition) is 1. The Bertz CT molecular complexity index is 1020. The van der Waals surface area contributed by atoms with Crippen molar-refractivity contribution in [3.05, 3.63) is 59.4 Å². The van der Waals surface area contributed by atoms with Crippen LogP contribution in [-0.2, 0) is 11.8 Å². The molecule has 1 N–H and O–H groups in total. The number of rotatable bonds is 3. The van der Waals surface area contributed by atoms with Gasteiger partial charge in [-0.2, -0.15) is 0 Å². The number of amides is 2. The predicted molar refractivity (Wildman–Crippen MR) is 109 cm³/mol. The molecule has 0 unspecified atom stereocenters. The van der Waals surface area contributed by atoms with Gasteiger partial charge in [0.05, 0.1) is 10.6 Å². The molecule has 2 amide bonds. The number of halogens is 1. The first-order valence-electron chi connectivity index (χ1n) is 9.28. The minimum atomic E-state index is -0.131. The minimum absolute atomic E-state index is 0.0232. The molecular formula is C21H21ClN4O2. The number of anilines is 1. The number of piperidine rings is 1. The van der Waals surface area contributed by atoms with E-state index >= 15 is 0 Å². The van der Waals surface area contributed by atoms with Gasteiger partial charge >= 0.3 is 0 Å². The van der Waals surface area contributed by atoms with Crippen molar-refractivity contribution in [2.75, 3.05) is 18.4 Å². The fourth-order valence-corrected chi connectivity index (χ4v) is 3.82. The third-order valence-electron chi connectivity index (χ3n) is 5.26. The van der Waals surface area contributed by atoms with Crippen LogP contribution in [0, 0.1) is 5.92 Å². The molecule has 1 aliphatic heterocycles. The van der Waals surface area contributed by atoms with E-state index in [4.69, 9.17) is 11.6 Å². The van der Waals surface area contributed by atoms with Crippen LogP contribution in [0.5, 0.6) is 0 Å². The van der Waals surface area contributed by atoms with Crippen molar-refractivity contribution in [2.24, 2.45) is 13.0 Å². The molecule has 4 rings (SSSR count). The van der Waals surface area contributed by atoms with Crippen molar-refractivity contribution < 1.29 is 9.59 Å². The van der Waals surface area contributed by atoms with Crippen molar-refractivity contribution >= 4 is 40.1 Å². The lowest BCUT2D eigenvalue weighted by Gasteiger charge is -2.31. The Labute approximate surface area is 168 Å². The molecule has 6 nitrogen and oxygen atoms in total. The number of likely N-dealkylation sites (tertiary alicyclic amines) is 1. The number of benzene rings is 1. The largest absolute Gasteiger partial charge is 0.350 e. The quantitative estimate of drug-likeness (QED) is 0.733. The number of nitrogens with one attached hydrogen (secondary N) is 1. The molecule has 0 bridgehead atoms. The van der Waals surface area contributed by atoms with Crippen LogP contribution in [0.15, 0.2) is 48.8 Å². The molecule has 7 heteroatoms. The minimum Gasteiger partial charge on any atom is -0.350 e. The summed E-state index contributed by atoms with van der Waals surface area (Å²) in [6, 6.07) is 11.3. The number of fused-ring (bicyclic) bond motifs is 1. The summed E-state index contributed by atoms with van der Waals surface area (Å²) in [4.78, 5) is 31.4. The average molecular weight is 397 g/mol. The highest BCUT2D eigenvalue weighted by Gasteiger charge is 2.29. The van der Waals surface area contributed by atoms with Crippen LogP contribution in [0.1, 0.15) is 23.2 Å². The molecule has 28 heavy (non-hydrogen) atoms. The van der Waals surface area contributed by atoms with Crippen molar-refractivity contribution in [3.8, 4) is 0 Å². The van der Waals surface area contributed by atoms with Crippen LogP contribution in [0.25, 0.3) is 10.9 Å². The number of para-hydroxylation sites is 1. The SMILES string of the molecule is Cn1cc(C(=O)N2CCC(C(=O)Nc3ccc(Cl)cn3)CC2)c2ccccc21. The Morgan fingerprint density at radius 1 is 1.14 bits per heavy atom. The average Bonchev–Trinajstić information content (AvgIpc) is 3.06. The molecule has 1 saturated heterocycles. The lowest BCUT2D eigenvalue weighted by atomic mass is 9.95. The molecule has 0 radical (unpaired) electrons. The smallest absolute Gasteiger partial charge is 0.256 e. The molecule has 0 atom stereocenters.